The molecular weight excluding hydrogens is 338 g/mol. The van der Waals surface area contributed by atoms with E-state index in [0.717, 1.165) is 54.0 Å². The molecule has 0 saturated carbocycles. The van der Waals surface area contributed by atoms with Crippen LogP contribution >= 0.6 is 0 Å². The Morgan fingerprint density at radius 2 is 2.04 bits per heavy atom. The summed E-state index contributed by atoms with van der Waals surface area (Å²) in [6, 6.07) is 14.1. The molecule has 6 heteroatoms. The number of piperidine rings is 1. The van der Waals surface area contributed by atoms with E-state index >= 15 is 0 Å². The van der Waals surface area contributed by atoms with Crippen molar-refractivity contribution in [1.29, 1.82) is 0 Å². The van der Waals surface area contributed by atoms with E-state index in [1.54, 1.807) is 13.1 Å². The Morgan fingerprint density at radius 1 is 1.19 bits per heavy atom. The first kappa shape index (κ1) is 17.5. The van der Waals surface area contributed by atoms with Gasteiger partial charge in [0.1, 0.15) is 5.82 Å². The molecule has 1 unspecified atom stereocenters. The number of rotatable bonds is 4. The van der Waals surface area contributed by atoms with Crippen LogP contribution in [0.15, 0.2) is 47.3 Å². The number of aromatic nitrogens is 3. The van der Waals surface area contributed by atoms with Gasteiger partial charge in [-0.2, -0.15) is 5.10 Å². The molecule has 1 fully saturated rings. The monoisotopic (exact) mass is 363 g/mol. The van der Waals surface area contributed by atoms with Crippen LogP contribution in [0.3, 0.4) is 0 Å². The molecule has 0 bridgehead atoms. The number of nitrogens with zero attached hydrogens (tertiary/aromatic N) is 4. The van der Waals surface area contributed by atoms with E-state index in [0.29, 0.717) is 6.04 Å². The average molecular weight is 363 g/mol. The van der Waals surface area contributed by atoms with Gasteiger partial charge in [0.15, 0.2) is 0 Å². The molecule has 4 rings (SSSR count). The highest BCUT2D eigenvalue weighted by Gasteiger charge is 2.24. The molecule has 1 atom stereocenters. The number of para-hydroxylation sites is 1. The van der Waals surface area contributed by atoms with Crippen molar-refractivity contribution >= 4 is 22.4 Å². The number of benzene rings is 1. The van der Waals surface area contributed by atoms with Crippen LogP contribution in [0.1, 0.15) is 25.0 Å². The lowest BCUT2D eigenvalue weighted by molar-refractivity contribution is 0.464. The third-order valence-electron chi connectivity index (χ3n) is 5.24. The molecule has 0 radical (unpaired) electrons. The lowest BCUT2D eigenvalue weighted by atomic mass is 10.0. The molecule has 3 aromatic rings. The molecule has 1 aliphatic heterocycles. The summed E-state index contributed by atoms with van der Waals surface area (Å²) in [5.74, 6) is 0.874. The fourth-order valence-electron chi connectivity index (χ4n) is 3.84. The van der Waals surface area contributed by atoms with Crippen molar-refractivity contribution in [3.63, 3.8) is 0 Å². The van der Waals surface area contributed by atoms with Gasteiger partial charge >= 0.3 is 0 Å². The van der Waals surface area contributed by atoms with Crippen molar-refractivity contribution in [1.82, 2.24) is 14.8 Å². The largest absolute Gasteiger partial charge is 0.382 e. The van der Waals surface area contributed by atoms with E-state index in [-0.39, 0.29) is 5.56 Å². The van der Waals surface area contributed by atoms with Gasteiger partial charge in [0.25, 0.3) is 5.56 Å². The molecule has 27 heavy (non-hydrogen) atoms. The van der Waals surface area contributed by atoms with Crippen molar-refractivity contribution in [3.05, 3.63) is 58.5 Å². The fraction of sp³-hybridized carbons (Fsp3) is 0.381. The van der Waals surface area contributed by atoms with Crippen molar-refractivity contribution < 1.29 is 0 Å². The van der Waals surface area contributed by atoms with E-state index in [1.807, 2.05) is 25.1 Å². The second kappa shape index (κ2) is 7.39. The smallest absolute Gasteiger partial charge is 0.266 e. The molecule has 0 aliphatic carbocycles. The summed E-state index contributed by atoms with van der Waals surface area (Å²) in [5, 5.41) is 9.25. The zero-order valence-electron chi connectivity index (χ0n) is 15.9. The van der Waals surface area contributed by atoms with Gasteiger partial charge in [-0.05, 0) is 44.4 Å². The maximum absolute atomic E-state index is 11.7. The predicted octanol–water partition coefficient (Wildman–Crippen LogP) is 3.11. The molecule has 3 heterocycles. The molecule has 0 spiro atoms. The molecule has 140 valence electrons. The number of anilines is 2. The lowest BCUT2D eigenvalue weighted by Gasteiger charge is -2.37. The number of hydrogen-bond acceptors (Lipinski definition) is 5. The summed E-state index contributed by atoms with van der Waals surface area (Å²) >= 11 is 0. The quantitative estimate of drug-likeness (QED) is 0.772. The van der Waals surface area contributed by atoms with Gasteiger partial charge in [0, 0.05) is 49.0 Å². The van der Waals surface area contributed by atoms with Crippen molar-refractivity contribution in [2.75, 3.05) is 23.3 Å². The number of fused-ring (bicyclic) bond motifs is 1. The first-order valence-corrected chi connectivity index (χ1v) is 9.53. The predicted molar refractivity (Wildman–Crippen MR) is 109 cm³/mol. The summed E-state index contributed by atoms with van der Waals surface area (Å²) in [6.45, 7) is 3.82. The Kier molecular flexibility index (Phi) is 4.79. The van der Waals surface area contributed by atoms with Crippen LogP contribution in [0.5, 0.6) is 0 Å². The minimum Gasteiger partial charge on any atom is -0.382 e. The summed E-state index contributed by atoms with van der Waals surface area (Å²) in [4.78, 5) is 18.6. The summed E-state index contributed by atoms with van der Waals surface area (Å²) < 4.78 is 1.41. The Hall–Kier alpha value is -2.89. The summed E-state index contributed by atoms with van der Waals surface area (Å²) in [6.07, 6.45) is 3.47. The highest BCUT2D eigenvalue weighted by atomic mass is 16.1. The van der Waals surface area contributed by atoms with Crippen LogP contribution in [0, 0.1) is 6.92 Å². The highest BCUT2D eigenvalue weighted by molar-refractivity contribution is 5.91. The zero-order valence-corrected chi connectivity index (χ0v) is 15.9. The topological polar surface area (TPSA) is 63.1 Å². The average Bonchev–Trinajstić information content (AvgIpc) is 2.68. The number of hydrogen-bond donors (Lipinski definition) is 1. The van der Waals surface area contributed by atoms with Crippen LogP contribution in [-0.4, -0.2) is 33.9 Å². The van der Waals surface area contributed by atoms with Crippen LogP contribution in [0.4, 0.5) is 11.5 Å². The van der Waals surface area contributed by atoms with Crippen LogP contribution in [-0.2, 0) is 7.05 Å². The van der Waals surface area contributed by atoms with Crippen molar-refractivity contribution in [2.24, 2.45) is 7.05 Å². The zero-order chi connectivity index (χ0) is 18.8. The molecule has 1 aliphatic rings. The second-order valence-corrected chi connectivity index (χ2v) is 7.21. The Balaban J connectivity index is 1.57. The van der Waals surface area contributed by atoms with Gasteiger partial charge < -0.3 is 10.2 Å². The van der Waals surface area contributed by atoms with Gasteiger partial charge in [-0.1, -0.05) is 18.2 Å². The van der Waals surface area contributed by atoms with E-state index < -0.39 is 0 Å². The minimum absolute atomic E-state index is 0.0795. The van der Waals surface area contributed by atoms with Gasteiger partial charge in [-0.3, -0.25) is 9.78 Å². The number of pyridine rings is 1. The lowest BCUT2D eigenvalue weighted by Crippen LogP contribution is -2.44. The summed E-state index contributed by atoms with van der Waals surface area (Å²) in [5.41, 5.74) is 3.07. The number of nitrogens with one attached hydrogen (secondary N) is 1. The second-order valence-electron chi connectivity index (χ2n) is 7.21. The molecule has 1 aromatic carbocycles. The highest BCUT2D eigenvalue weighted by Crippen LogP contribution is 2.26. The van der Waals surface area contributed by atoms with E-state index in [4.69, 9.17) is 0 Å². The third-order valence-corrected chi connectivity index (χ3v) is 5.24. The number of aryl methyl sites for hydroxylation is 2. The Morgan fingerprint density at radius 3 is 2.89 bits per heavy atom. The van der Waals surface area contributed by atoms with Crippen LogP contribution in [0.25, 0.3) is 10.9 Å². The molecule has 2 aromatic heterocycles. The van der Waals surface area contributed by atoms with Gasteiger partial charge in [-0.15, -0.1) is 0 Å². The van der Waals surface area contributed by atoms with E-state index in [9.17, 15) is 4.79 Å². The Bertz CT molecular complexity index is 1010. The Labute approximate surface area is 158 Å². The van der Waals surface area contributed by atoms with E-state index in [1.165, 1.54) is 11.1 Å². The standard InChI is InChI=1S/C21H25N5O/c1-15-13-19(17-8-3-4-9-18(17)23-15)22-14-16-7-5-6-12-26(16)20-10-11-21(27)25(2)24-20/h3-4,8-11,13,16H,5-7,12,14H2,1-2H3,(H,22,23). The van der Waals surface area contributed by atoms with Crippen LogP contribution < -0.4 is 15.8 Å². The van der Waals surface area contributed by atoms with Crippen molar-refractivity contribution in [3.8, 4) is 0 Å². The third kappa shape index (κ3) is 3.65. The molecule has 1 N–H and O–H groups in total. The van der Waals surface area contributed by atoms with Gasteiger partial charge in [0.2, 0.25) is 0 Å². The minimum atomic E-state index is -0.0795. The van der Waals surface area contributed by atoms with Gasteiger partial charge in [0.05, 0.1) is 5.52 Å². The summed E-state index contributed by atoms with van der Waals surface area (Å²) in [7, 11) is 1.70. The molecular formula is C21H25N5O. The SMILES string of the molecule is Cc1cc(NCC2CCCCN2c2ccc(=O)n(C)n2)c2ccccc2n1. The van der Waals surface area contributed by atoms with E-state index in [2.05, 4.69) is 38.5 Å². The molecule has 6 nitrogen and oxygen atoms in total. The normalized spacial score (nSPS) is 17.3. The van der Waals surface area contributed by atoms with Crippen LogP contribution in [0.2, 0.25) is 0 Å². The molecule has 1 saturated heterocycles. The first-order chi connectivity index (χ1) is 13.1. The first-order valence-electron chi connectivity index (χ1n) is 9.53. The maximum Gasteiger partial charge on any atom is 0.266 e. The molecule has 0 amide bonds. The van der Waals surface area contributed by atoms with Crippen molar-refractivity contribution in [2.45, 2.75) is 32.2 Å². The van der Waals surface area contributed by atoms with Gasteiger partial charge in [-0.25, -0.2) is 4.68 Å². The maximum atomic E-state index is 11.7. The fourth-order valence-corrected chi connectivity index (χ4v) is 3.84.